The van der Waals surface area contributed by atoms with Crippen molar-refractivity contribution in [1.29, 1.82) is 0 Å². The maximum absolute atomic E-state index is 12.4. The van der Waals surface area contributed by atoms with Crippen LogP contribution in [-0.2, 0) is 63.2 Å². The number of hydrogen-bond donors (Lipinski definition) is 5. The number of nitrogens with zero attached hydrogens (tertiary/aromatic N) is 3. The molecular formula is C61H50Cl6FIN7O12S2-. The number of sulfonamides is 2. The molecule has 8 rings (SSSR count). The lowest BCUT2D eigenvalue weighted by molar-refractivity contribution is -0.143. The van der Waals surface area contributed by atoms with Crippen LogP contribution in [0, 0.1) is 25.5 Å². The minimum Gasteiger partial charge on any atom is -1.00 e. The third-order valence-corrected chi connectivity index (χ3v) is 14.2. The number of phenols is 1. The van der Waals surface area contributed by atoms with E-state index >= 15 is 0 Å². The Morgan fingerprint density at radius 2 is 0.900 bits per heavy atom. The van der Waals surface area contributed by atoms with Crippen LogP contribution in [0.15, 0.2) is 168 Å². The largest absolute Gasteiger partial charge is 1.00 e. The maximum atomic E-state index is 12.4. The van der Waals surface area contributed by atoms with Crippen LogP contribution < -0.4 is 54.8 Å². The second-order valence-corrected chi connectivity index (χ2v) is 23.3. The molecule has 0 aliphatic carbocycles. The summed E-state index contributed by atoms with van der Waals surface area (Å²) in [5, 5.41) is 23.8. The third-order valence-electron chi connectivity index (χ3n) is 10.8. The molecule has 29 heteroatoms. The molecule has 0 aliphatic rings. The van der Waals surface area contributed by atoms with E-state index in [0.717, 1.165) is 17.7 Å². The minimum atomic E-state index is -3.80. The Balaban J connectivity index is 0.000000314. The molecule has 0 heterocycles. The van der Waals surface area contributed by atoms with Crippen molar-refractivity contribution in [2.24, 2.45) is 10.3 Å². The molecule has 0 aliphatic heterocycles. The van der Waals surface area contributed by atoms with Crippen LogP contribution in [0.4, 0.5) is 32.8 Å². The van der Waals surface area contributed by atoms with E-state index in [1.807, 2.05) is 0 Å². The summed E-state index contributed by atoms with van der Waals surface area (Å²) in [7, 11) is -7.38. The van der Waals surface area contributed by atoms with Crippen LogP contribution in [0.25, 0.3) is 14.5 Å². The molecule has 470 valence electrons. The molecule has 19 nitrogen and oxygen atoms in total. The molecule has 8 N–H and O–H groups in total. The van der Waals surface area contributed by atoms with Gasteiger partial charge in [0.1, 0.15) is 34.6 Å². The second-order valence-electron chi connectivity index (χ2n) is 17.6. The van der Waals surface area contributed by atoms with Gasteiger partial charge in [-0.1, -0.05) is 87.8 Å². The first-order chi connectivity index (χ1) is 42.0. The van der Waals surface area contributed by atoms with Gasteiger partial charge in [-0.2, -0.15) is 0 Å². The number of carbonyl (C=O) groups excluding carboxylic acids is 3. The molecule has 0 fully saturated rings. The number of phenolic OH excluding ortho intramolecular Hbond substituents is 1. The number of halogens is 8. The number of benzene rings is 8. The first-order valence-electron chi connectivity index (χ1n) is 25.2. The summed E-state index contributed by atoms with van der Waals surface area (Å²) in [6.07, 6.45) is 0.302. The lowest BCUT2D eigenvalue weighted by Gasteiger charge is -2.11. The van der Waals surface area contributed by atoms with Gasteiger partial charge in [-0.15, -0.1) is 0 Å². The molecule has 0 bridgehead atoms. The van der Waals surface area contributed by atoms with Gasteiger partial charge in [0.25, 0.3) is 0 Å². The molecule has 0 aromatic heterocycles. The van der Waals surface area contributed by atoms with Crippen LogP contribution in [0.2, 0.25) is 30.1 Å². The lowest BCUT2D eigenvalue weighted by atomic mass is 10.1. The standard InChI is InChI=1S/C21H15Cl2N3O4S.C17H13Cl2NO3.C10H11ClO3.C7H3ClFN.C6H8N2O2S.HI/c1-25-16-10-14(22)11-17(12-16)30-20-8-13(2-7-19(20)23)9-21(27)26-15-3-5-18(6-4-15)31(24,28)29;1-3-22-17(21)7-11-4-5-15(19)16(6-11)23-14-9-12(18)8-13(10-14)20-2;1-2-14-10(13)6-7-3-4-8(11)9(12)5-7;1-10-7-3-5(8)2-6(9)4-7;7-5-1-3-6(4-2-5)11(8,9)10;/h2-8,10-12H,9H2,(H,26,27)(H2,24,28,29);4-6,8-10H,3,7H2,1H3;3-5,12H,2,6H2,1H3;2-4H;1-4H,7H2,(H2,8,9,10);1H/p-1. The average Bonchev–Trinajstić information content (AvgIpc) is 3.53. The van der Waals surface area contributed by atoms with Gasteiger partial charge in [-0.05, 0) is 170 Å². The number of nitrogen functional groups attached to an aromatic ring is 1. The van der Waals surface area contributed by atoms with Crippen LogP contribution in [0.1, 0.15) is 30.5 Å². The molecule has 0 radical (unpaired) electrons. The van der Waals surface area contributed by atoms with Crippen molar-refractivity contribution in [3.8, 4) is 28.7 Å². The molecule has 0 atom stereocenters. The molecule has 0 saturated heterocycles. The number of primary sulfonamides is 2. The normalized spacial score (nSPS) is 10.2. The van der Waals surface area contributed by atoms with Gasteiger partial charge < -0.3 is 59.1 Å². The highest BCUT2D eigenvalue weighted by molar-refractivity contribution is 7.89. The number of aromatic hydroxyl groups is 1. The Hall–Kier alpha value is -7.94. The quantitative estimate of drug-likeness (QED) is 0.0277. The molecule has 8 aromatic carbocycles. The molecule has 90 heavy (non-hydrogen) atoms. The molecule has 0 saturated carbocycles. The zero-order chi connectivity index (χ0) is 66.0. The topological polar surface area (TPSA) is 280 Å². The van der Waals surface area contributed by atoms with E-state index in [-0.39, 0.29) is 92.4 Å². The third kappa shape index (κ3) is 27.4. The highest BCUT2D eigenvalue weighted by Gasteiger charge is 2.14. The van der Waals surface area contributed by atoms with Gasteiger partial charge in [-0.3, -0.25) is 14.4 Å². The van der Waals surface area contributed by atoms with Crippen molar-refractivity contribution in [2.45, 2.75) is 42.9 Å². The van der Waals surface area contributed by atoms with Crippen molar-refractivity contribution >= 4 is 136 Å². The number of hydrogen-bond acceptors (Lipinski definition) is 13. The van der Waals surface area contributed by atoms with E-state index in [1.165, 1.54) is 72.8 Å². The predicted molar refractivity (Wildman–Crippen MR) is 342 cm³/mol. The fraction of sp³-hybridized carbons (Fsp3) is 0.115. The predicted octanol–water partition coefficient (Wildman–Crippen LogP) is 12.7. The van der Waals surface area contributed by atoms with E-state index in [0.29, 0.717) is 90.2 Å². The van der Waals surface area contributed by atoms with Crippen molar-refractivity contribution in [3.63, 3.8) is 0 Å². The minimum absolute atomic E-state index is 0. The van der Waals surface area contributed by atoms with E-state index in [2.05, 4.69) is 19.9 Å². The zero-order valence-electron chi connectivity index (χ0n) is 46.9. The zero-order valence-corrected chi connectivity index (χ0v) is 55.2. The van der Waals surface area contributed by atoms with E-state index in [1.54, 1.807) is 86.6 Å². The lowest BCUT2D eigenvalue weighted by Crippen LogP contribution is -3.00. The fourth-order valence-electron chi connectivity index (χ4n) is 6.87. The van der Waals surface area contributed by atoms with E-state index < -0.39 is 25.9 Å². The summed E-state index contributed by atoms with van der Waals surface area (Å²) in [6, 6.07) is 38.8. The van der Waals surface area contributed by atoms with Crippen LogP contribution in [0.5, 0.6) is 28.7 Å². The van der Waals surface area contributed by atoms with Crippen molar-refractivity contribution in [1.82, 2.24) is 0 Å². The molecule has 0 unspecified atom stereocenters. The van der Waals surface area contributed by atoms with Crippen molar-refractivity contribution in [3.05, 3.63) is 245 Å². The number of ether oxygens (including phenoxy) is 4. The fourth-order valence-corrected chi connectivity index (χ4v) is 8.99. The van der Waals surface area contributed by atoms with Crippen LogP contribution in [0.3, 0.4) is 0 Å². The SMILES string of the molecule is CCOC(=O)Cc1ccc(Cl)c(O)c1.Nc1ccc(S(N)(=O)=O)cc1.[C-]#[N+]c1cc(Cl)cc(Oc2cc(CC(=O)Nc3ccc(S(N)(=O)=O)cc3)ccc2Cl)c1.[C-]#[N+]c1cc(Cl)cc(Oc2cc(CC(=O)OCC)ccc2Cl)c1.[C-]#[N+]c1cc(F)cc(Cl)c1.[I-]. The summed E-state index contributed by atoms with van der Waals surface area (Å²) in [5.41, 5.74) is 9.22. The molecular weight excluding hydrogens is 1450 g/mol. The van der Waals surface area contributed by atoms with Gasteiger partial charge >= 0.3 is 11.9 Å². The maximum Gasteiger partial charge on any atom is 0.310 e. The van der Waals surface area contributed by atoms with Crippen LogP contribution >= 0.6 is 69.6 Å². The highest BCUT2D eigenvalue weighted by atomic mass is 127. The van der Waals surface area contributed by atoms with Gasteiger partial charge in [0.2, 0.25) is 26.0 Å². The highest BCUT2D eigenvalue weighted by Crippen LogP contribution is 2.36. The molecule has 8 aromatic rings. The molecule has 0 spiro atoms. The van der Waals surface area contributed by atoms with Gasteiger partial charge in [0, 0.05) is 26.4 Å². The first-order valence-corrected chi connectivity index (χ1v) is 30.6. The second kappa shape index (κ2) is 37.3. The Kier molecular flexibility index (Phi) is 31.6. The van der Waals surface area contributed by atoms with Crippen molar-refractivity contribution in [2.75, 3.05) is 24.3 Å². The number of esters is 2. The van der Waals surface area contributed by atoms with E-state index in [4.69, 9.17) is 124 Å². The summed E-state index contributed by atoms with van der Waals surface area (Å²) in [6.45, 7) is 24.9. The average molecular weight is 1500 g/mol. The summed E-state index contributed by atoms with van der Waals surface area (Å²) < 4.78 is 77.5. The van der Waals surface area contributed by atoms with Crippen molar-refractivity contribution < 1.29 is 83.6 Å². The number of anilines is 2. The summed E-state index contributed by atoms with van der Waals surface area (Å²) >= 11 is 35.3. The smallest absolute Gasteiger partial charge is 0.310 e. The Labute approximate surface area is 565 Å². The number of nitrogens with one attached hydrogen (secondary N) is 1. The monoisotopic (exact) mass is 1490 g/mol. The Morgan fingerprint density at radius 1 is 0.522 bits per heavy atom. The van der Waals surface area contributed by atoms with Gasteiger partial charge in [-0.25, -0.2) is 46.0 Å². The number of rotatable bonds is 15. The van der Waals surface area contributed by atoms with Crippen LogP contribution in [-0.4, -0.2) is 53.0 Å². The summed E-state index contributed by atoms with van der Waals surface area (Å²) in [4.78, 5) is 44.7. The number of nitrogens with two attached hydrogens (primary N) is 3. The Bertz CT molecular complexity index is 4180. The van der Waals surface area contributed by atoms with Gasteiger partial charge in [0.15, 0.2) is 17.1 Å². The molecule has 1 amide bonds. The van der Waals surface area contributed by atoms with Gasteiger partial charge in [0.05, 0.1) is 77.1 Å². The Morgan fingerprint density at radius 3 is 1.29 bits per heavy atom. The summed E-state index contributed by atoms with van der Waals surface area (Å²) in [5.74, 6) is -0.0142. The first kappa shape index (κ1) is 76.3. The number of carbonyl (C=O) groups is 3. The number of amides is 1. The van der Waals surface area contributed by atoms with E-state index in [9.17, 15) is 40.7 Å².